The Morgan fingerprint density at radius 1 is 1.38 bits per heavy atom. The third-order valence-corrected chi connectivity index (χ3v) is 4.15. The number of piperazine rings is 1. The van der Waals surface area contributed by atoms with Crippen molar-refractivity contribution >= 4 is 5.91 Å². The lowest BCUT2D eigenvalue weighted by Crippen LogP contribution is -2.50. The van der Waals surface area contributed by atoms with Gasteiger partial charge in [-0.1, -0.05) is 12.1 Å². The standard InChI is InChI=1S/C17H20N4O3/c1-24-14-5-3-13(4-6-14)15-11-18-8-10-21(15)16(22)12-20-9-2-7-19-17(20)23/h2-7,9,15,18H,8,10-12H2,1H3/t15-/m0/s1. The molecule has 3 rings (SSSR count). The zero-order chi connectivity index (χ0) is 16.9. The molecule has 1 fully saturated rings. The largest absolute Gasteiger partial charge is 0.497 e. The minimum Gasteiger partial charge on any atom is -0.497 e. The van der Waals surface area contributed by atoms with Crippen molar-refractivity contribution in [3.05, 3.63) is 58.8 Å². The Kier molecular flexibility index (Phi) is 4.90. The van der Waals surface area contributed by atoms with E-state index in [4.69, 9.17) is 4.74 Å². The highest BCUT2D eigenvalue weighted by atomic mass is 16.5. The first-order valence-corrected chi connectivity index (χ1v) is 7.84. The second kappa shape index (κ2) is 7.27. The number of rotatable bonds is 4. The van der Waals surface area contributed by atoms with E-state index < -0.39 is 5.69 Å². The van der Waals surface area contributed by atoms with Crippen LogP contribution in [0.4, 0.5) is 0 Å². The van der Waals surface area contributed by atoms with Crippen LogP contribution in [0.5, 0.6) is 5.75 Å². The molecule has 1 N–H and O–H groups in total. The molecule has 1 aliphatic rings. The van der Waals surface area contributed by atoms with Crippen LogP contribution in [0.15, 0.2) is 47.5 Å². The van der Waals surface area contributed by atoms with Gasteiger partial charge in [-0.25, -0.2) is 9.78 Å². The smallest absolute Gasteiger partial charge is 0.347 e. The highest BCUT2D eigenvalue weighted by Gasteiger charge is 2.28. The van der Waals surface area contributed by atoms with Gasteiger partial charge < -0.3 is 15.0 Å². The maximum atomic E-state index is 12.7. The Balaban J connectivity index is 1.79. The summed E-state index contributed by atoms with van der Waals surface area (Å²) < 4.78 is 6.51. The maximum Gasteiger partial charge on any atom is 0.347 e. The van der Waals surface area contributed by atoms with Gasteiger partial charge in [-0.2, -0.15) is 0 Å². The number of hydrogen-bond acceptors (Lipinski definition) is 5. The quantitative estimate of drug-likeness (QED) is 0.880. The zero-order valence-corrected chi connectivity index (χ0v) is 13.5. The predicted octanol–water partition coefficient (Wildman–Crippen LogP) is 0.425. The summed E-state index contributed by atoms with van der Waals surface area (Å²) in [6.45, 7) is 2.02. The maximum absolute atomic E-state index is 12.7. The monoisotopic (exact) mass is 328 g/mol. The molecular formula is C17H20N4O3. The third kappa shape index (κ3) is 3.46. The fraction of sp³-hybridized carbons (Fsp3) is 0.353. The lowest BCUT2D eigenvalue weighted by Gasteiger charge is -2.36. The molecule has 0 spiro atoms. The van der Waals surface area contributed by atoms with Crippen LogP contribution >= 0.6 is 0 Å². The van der Waals surface area contributed by atoms with Crippen molar-refractivity contribution in [3.8, 4) is 5.75 Å². The van der Waals surface area contributed by atoms with E-state index in [1.54, 1.807) is 19.4 Å². The highest BCUT2D eigenvalue weighted by molar-refractivity contribution is 5.76. The minimum atomic E-state index is -0.415. The van der Waals surface area contributed by atoms with Gasteiger partial charge in [0.25, 0.3) is 0 Å². The molecule has 0 radical (unpaired) electrons. The van der Waals surface area contributed by atoms with E-state index in [0.717, 1.165) is 17.9 Å². The van der Waals surface area contributed by atoms with Crippen LogP contribution in [0.25, 0.3) is 0 Å². The molecule has 7 heteroatoms. The number of aromatic nitrogens is 2. The van der Waals surface area contributed by atoms with Crippen LogP contribution in [-0.4, -0.2) is 47.1 Å². The van der Waals surface area contributed by atoms with E-state index in [1.165, 1.54) is 10.8 Å². The average Bonchev–Trinajstić information content (AvgIpc) is 2.63. The number of carbonyl (C=O) groups excluding carboxylic acids is 1. The van der Waals surface area contributed by atoms with Gasteiger partial charge in [0.15, 0.2) is 0 Å². The van der Waals surface area contributed by atoms with Crippen LogP contribution in [0, 0.1) is 0 Å². The summed E-state index contributed by atoms with van der Waals surface area (Å²) >= 11 is 0. The SMILES string of the molecule is COc1ccc([C@@H]2CNCCN2C(=O)Cn2cccnc2=O)cc1. The molecule has 0 unspecified atom stereocenters. The predicted molar refractivity (Wildman–Crippen MR) is 88.8 cm³/mol. The number of methoxy groups -OCH3 is 1. The summed E-state index contributed by atoms with van der Waals surface area (Å²) in [5, 5.41) is 3.32. The Morgan fingerprint density at radius 3 is 2.88 bits per heavy atom. The first-order chi connectivity index (χ1) is 11.7. The van der Waals surface area contributed by atoms with Crippen molar-refractivity contribution in [2.75, 3.05) is 26.7 Å². The van der Waals surface area contributed by atoms with Gasteiger partial charge in [-0.3, -0.25) is 9.36 Å². The van der Waals surface area contributed by atoms with Crippen LogP contribution in [0.2, 0.25) is 0 Å². The summed E-state index contributed by atoms with van der Waals surface area (Å²) in [4.78, 5) is 29.9. The Morgan fingerprint density at radius 2 is 2.17 bits per heavy atom. The Labute approximate surface area is 139 Å². The fourth-order valence-electron chi connectivity index (χ4n) is 2.87. The van der Waals surface area contributed by atoms with Gasteiger partial charge in [0.2, 0.25) is 5.91 Å². The normalized spacial score (nSPS) is 17.5. The van der Waals surface area contributed by atoms with Crippen molar-refractivity contribution < 1.29 is 9.53 Å². The van der Waals surface area contributed by atoms with Crippen LogP contribution in [0.1, 0.15) is 11.6 Å². The second-order valence-corrected chi connectivity index (χ2v) is 5.61. The fourth-order valence-corrected chi connectivity index (χ4v) is 2.87. The van der Waals surface area contributed by atoms with Gasteiger partial charge >= 0.3 is 5.69 Å². The van der Waals surface area contributed by atoms with Crippen molar-refractivity contribution in [3.63, 3.8) is 0 Å². The van der Waals surface area contributed by atoms with E-state index in [1.807, 2.05) is 29.2 Å². The molecular weight excluding hydrogens is 308 g/mol. The molecule has 1 atom stereocenters. The van der Waals surface area contributed by atoms with Gasteiger partial charge in [0, 0.05) is 32.0 Å². The van der Waals surface area contributed by atoms with E-state index in [2.05, 4.69) is 10.3 Å². The summed E-state index contributed by atoms with van der Waals surface area (Å²) in [5.74, 6) is 0.690. The van der Waals surface area contributed by atoms with Crippen molar-refractivity contribution in [1.82, 2.24) is 19.8 Å². The van der Waals surface area contributed by atoms with Crippen molar-refractivity contribution in [2.24, 2.45) is 0 Å². The topological polar surface area (TPSA) is 76.5 Å². The van der Waals surface area contributed by atoms with Gasteiger partial charge in [0.1, 0.15) is 12.3 Å². The minimum absolute atomic E-state index is 0.000667. The summed E-state index contributed by atoms with van der Waals surface area (Å²) in [7, 11) is 1.62. The van der Waals surface area contributed by atoms with E-state index >= 15 is 0 Å². The van der Waals surface area contributed by atoms with Crippen LogP contribution in [0.3, 0.4) is 0 Å². The van der Waals surface area contributed by atoms with Gasteiger partial charge in [-0.15, -0.1) is 0 Å². The van der Waals surface area contributed by atoms with Gasteiger partial charge in [-0.05, 0) is 23.8 Å². The van der Waals surface area contributed by atoms with E-state index in [0.29, 0.717) is 13.1 Å². The number of amides is 1. The number of nitrogens with zero attached hydrogens (tertiary/aromatic N) is 3. The second-order valence-electron chi connectivity index (χ2n) is 5.61. The number of ether oxygens (including phenoxy) is 1. The summed E-state index contributed by atoms with van der Waals surface area (Å²) in [6, 6.07) is 9.29. The first kappa shape index (κ1) is 16.2. The van der Waals surface area contributed by atoms with Gasteiger partial charge in [0.05, 0.1) is 13.2 Å². The Hall–Kier alpha value is -2.67. The van der Waals surface area contributed by atoms with Crippen molar-refractivity contribution in [1.29, 1.82) is 0 Å². The molecule has 126 valence electrons. The molecule has 7 nitrogen and oxygen atoms in total. The van der Waals surface area contributed by atoms with Crippen molar-refractivity contribution in [2.45, 2.75) is 12.6 Å². The number of hydrogen-bond donors (Lipinski definition) is 1. The van der Waals surface area contributed by atoms with E-state index in [-0.39, 0.29) is 18.5 Å². The average molecular weight is 328 g/mol. The lowest BCUT2D eigenvalue weighted by atomic mass is 10.0. The van der Waals surface area contributed by atoms with Crippen LogP contribution in [-0.2, 0) is 11.3 Å². The molecule has 2 aromatic rings. The molecule has 1 saturated heterocycles. The molecule has 1 aromatic carbocycles. The third-order valence-electron chi connectivity index (χ3n) is 4.15. The molecule has 0 saturated carbocycles. The molecule has 1 amide bonds. The zero-order valence-electron chi connectivity index (χ0n) is 13.5. The molecule has 2 heterocycles. The molecule has 1 aromatic heterocycles. The number of carbonyl (C=O) groups is 1. The lowest BCUT2D eigenvalue weighted by molar-refractivity contribution is -0.135. The molecule has 0 aliphatic carbocycles. The molecule has 0 bridgehead atoms. The van der Waals surface area contributed by atoms with Crippen LogP contribution < -0.4 is 15.7 Å². The number of nitrogens with one attached hydrogen (secondary N) is 1. The molecule has 1 aliphatic heterocycles. The summed E-state index contributed by atoms with van der Waals surface area (Å²) in [5.41, 5.74) is 0.622. The van der Waals surface area contributed by atoms with E-state index in [9.17, 15) is 9.59 Å². The highest BCUT2D eigenvalue weighted by Crippen LogP contribution is 2.24. The summed E-state index contributed by atoms with van der Waals surface area (Å²) in [6.07, 6.45) is 3.01. The number of benzene rings is 1. The molecule has 24 heavy (non-hydrogen) atoms. The first-order valence-electron chi connectivity index (χ1n) is 7.84. The Bertz CT molecular complexity index is 757.